The van der Waals surface area contributed by atoms with E-state index in [0.29, 0.717) is 9.90 Å². The molecule has 0 aliphatic rings. The Kier molecular flexibility index (Phi) is 3.29. The van der Waals surface area contributed by atoms with Crippen LogP contribution in [0.15, 0.2) is 58.3 Å². The lowest BCUT2D eigenvalue weighted by Gasteiger charge is -2.07. The van der Waals surface area contributed by atoms with E-state index in [-0.39, 0.29) is 0 Å². The zero-order valence-corrected chi connectivity index (χ0v) is 11.9. The summed E-state index contributed by atoms with van der Waals surface area (Å²) in [6.45, 7) is 0. The molecule has 2 aromatic heterocycles. The first-order valence-electron chi connectivity index (χ1n) is 5.81. The first-order valence-corrected chi connectivity index (χ1v) is 8.17. The van der Waals surface area contributed by atoms with Crippen molar-refractivity contribution in [2.75, 3.05) is 4.72 Å². The summed E-state index contributed by atoms with van der Waals surface area (Å²) in [7, 11) is -3.51. The standard InChI is InChI=1S/C13H11N3O2S2/c17-20(18,13-5-2-8-19-13)16-11-4-1-3-10(9-11)12-6-7-14-15-12/h1-9,16H,(H,14,15). The molecule has 2 N–H and O–H groups in total. The molecule has 0 saturated heterocycles. The van der Waals surface area contributed by atoms with Crippen LogP contribution in [0.2, 0.25) is 0 Å². The van der Waals surface area contributed by atoms with Crippen molar-refractivity contribution in [3.63, 3.8) is 0 Å². The third kappa shape index (κ3) is 2.59. The number of sulfonamides is 1. The van der Waals surface area contributed by atoms with Gasteiger partial charge in [-0.1, -0.05) is 18.2 Å². The minimum atomic E-state index is -3.51. The van der Waals surface area contributed by atoms with Crippen LogP contribution < -0.4 is 4.72 Å². The van der Waals surface area contributed by atoms with Gasteiger partial charge in [0, 0.05) is 17.4 Å². The zero-order chi connectivity index (χ0) is 14.0. The van der Waals surface area contributed by atoms with Gasteiger partial charge in [0.2, 0.25) is 0 Å². The predicted molar refractivity (Wildman–Crippen MR) is 79.2 cm³/mol. The summed E-state index contributed by atoms with van der Waals surface area (Å²) in [4.78, 5) is 0. The van der Waals surface area contributed by atoms with E-state index in [1.54, 1.807) is 41.9 Å². The smallest absolute Gasteiger partial charge is 0.271 e. The second-order valence-corrected chi connectivity index (χ2v) is 6.95. The molecule has 0 spiro atoms. The normalized spacial score (nSPS) is 11.4. The van der Waals surface area contributed by atoms with Crippen LogP contribution in [-0.4, -0.2) is 18.6 Å². The van der Waals surface area contributed by atoms with E-state index in [2.05, 4.69) is 14.9 Å². The largest absolute Gasteiger partial charge is 0.279 e. The average Bonchev–Trinajstić information content (AvgIpc) is 3.12. The van der Waals surface area contributed by atoms with E-state index in [9.17, 15) is 8.42 Å². The van der Waals surface area contributed by atoms with Gasteiger partial charge in [-0.25, -0.2) is 8.42 Å². The minimum Gasteiger partial charge on any atom is -0.279 e. The predicted octanol–water partition coefficient (Wildman–Crippen LogP) is 2.94. The lowest BCUT2D eigenvalue weighted by Crippen LogP contribution is -2.11. The summed E-state index contributed by atoms with van der Waals surface area (Å²) in [6, 6.07) is 12.3. The fraction of sp³-hybridized carbons (Fsp3) is 0. The Morgan fingerprint density at radius 3 is 2.75 bits per heavy atom. The summed E-state index contributed by atoms with van der Waals surface area (Å²) in [5.41, 5.74) is 2.22. The molecule has 0 fully saturated rings. The van der Waals surface area contributed by atoms with E-state index >= 15 is 0 Å². The maximum absolute atomic E-state index is 12.1. The van der Waals surface area contributed by atoms with E-state index in [1.807, 2.05) is 12.1 Å². The third-order valence-electron chi connectivity index (χ3n) is 2.69. The lowest BCUT2D eigenvalue weighted by atomic mass is 10.1. The van der Waals surface area contributed by atoms with E-state index in [0.717, 1.165) is 11.3 Å². The van der Waals surface area contributed by atoms with Crippen molar-refractivity contribution >= 4 is 27.0 Å². The number of thiophene rings is 1. The minimum absolute atomic E-state index is 0.296. The number of anilines is 1. The van der Waals surface area contributed by atoms with Crippen molar-refractivity contribution < 1.29 is 8.42 Å². The van der Waals surface area contributed by atoms with Crippen molar-refractivity contribution in [1.29, 1.82) is 0 Å². The fourth-order valence-electron chi connectivity index (χ4n) is 1.79. The van der Waals surface area contributed by atoms with Gasteiger partial charge in [-0.2, -0.15) is 5.10 Å². The number of hydrogen-bond acceptors (Lipinski definition) is 4. The Balaban J connectivity index is 1.91. The van der Waals surface area contributed by atoms with Crippen molar-refractivity contribution in [2.45, 2.75) is 4.21 Å². The van der Waals surface area contributed by atoms with Gasteiger partial charge in [-0.05, 0) is 29.6 Å². The molecule has 3 aromatic rings. The van der Waals surface area contributed by atoms with Crippen LogP contribution in [0.4, 0.5) is 5.69 Å². The molecule has 5 nitrogen and oxygen atoms in total. The van der Waals surface area contributed by atoms with Gasteiger partial charge in [0.1, 0.15) is 4.21 Å². The Morgan fingerprint density at radius 2 is 2.05 bits per heavy atom. The first kappa shape index (κ1) is 12.9. The molecule has 20 heavy (non-hydrogen) atoms. The molecule has 0 aliphatic carbocycles. The fourth-order valence-corrected chi connectivity index (χ4v) is 3.83. The topological polar surface area (TPSA) is 74.8 Å². The molecule has 2 heterocycles. The van der Waals surface area contributed by atoms with Crippen LogP contribution in [0.5, 0.6) is 0 Å². The number of rotatable bonds is 4. The highest BCUT2D eigenvalue weighted by molar-refractivity contribution is 7.94. The number of aromatic amines is 1. The number of nitrogens with zero attached hydrogens (tertiary/aromatic N) is 1. The first-order chi connectivity index (χ1) is 9.65. The molecule has 7 heteroatoms. The van der Waals surface area contributed by atoms with Crippen molar-refractivity contribution in [3.8, 4) is 11.3 Å². The second kappa shape index (κ2) is 5.10. The Bertz CT molecular complexity index is 794. The molecule has 102 valence electrons. The van der Waals surface area contributed by atoms with E-state index in [1.165, 1.54) is 11.3 Å². The quantitative estimate of drug-likeness (QED) is 0.778. The maximum atomic E-state index is 12.1. The number of benzene rings is 1. The van der Waals surface area contributed by atoms with E-state index in [4.69, 9.17) is 0 Å². The van der Waals surface area contributed by atoms with Gasteiger partial charge in [-0.3, -0.25) is 9.82 Å². The van der Waals surface area contributed by atoms with Crippen molar-refractivity contribution in [1.82, 2.24) is 10.2 Å². The summed E-state index contributed by atoms with van der Waals surface area (Å²) >= 11 is 1.18. The molecule has 1 aromatic carbocycles. The molecule has 0 unspecified atom stereocenters. The van der Waals surface area contributed by atoms with Gasteiger partial charge in [0.05, 0.1) is 5.69 Å². The van der Waals surface area contributed by atoms with Crippen LogP contribution in [0, 0.1) is 0 Å². The van der Waals surface area contributed by atoms with Gasteiger partial charge in [0.15, 0.2) is 0 Å². The average molecular weight is 305 g/mol. The van der Waals surface area contributed by atoms with Crippen LogP contribution in [0.1, 0.15) is 0 Å². The van der Waals surface area contributed by atoms with Crippen molar-refractivity contribution in [3.05, 3.63) is 54.0 Å². The van der Waals surface area contributed by atoms with Crippen LogP contribution >= 0.6 is 11.3 Å². The summed E-state index contributed by atoms with van der Waals surface area (Å²) in [5.74, 6) is 0. The molecular formula is C13H11N3O2S2. The molecule has 0 amide bonds. The van der Waals surface area contributed by atoms with Gasteiger partial charge >= 0.3 is 0 Å². The van der Waals surface area contributed by atoms with Crippen LogP contribution in [-0.2, 0) is 10.0 Å². The number of nitrogens with one attached hydrogen (secondary N) is 2. The highest BCUT2D eigenvalue weighted by atomic mass is 32.2. The second-order valence-electron chi connectivity index (χ2n) is 4.09. The summed E-state index contributed by atoms with van der Waals surface area (Å²) < 4.78 is 27.1. The molecule has 0 atom stereocenters. The monoisotopic (exact) mass is 305 g/mol. The van der Waals surface area contributed by atoms with E-state index < -0.39 is 10.0 Å². The third-order valence-corrected chi connectivity index (χ3v) is 5.47. The molecule has 0 bridgehead atoms. The highest BCUT2D eigenvalue weighted by Gasteiger charge is 2.15. The molecule has 0 aliphatic heterocycles. The molecule has 0 radical (unpaired) electrons. The Morgan fingerprint density at radius 1 is 1.15 bits per heavy atom. The summed E-state index contributed by atoms with van der Waals surface area (Å²) in [6.07, 6.45) is 1.65. The molecule has 3 rings (SSSR count). The van der Waals surface area contributed by atoms with Crippen LogP contribution in [0.25, 0.3) is 11.3 Å². The highest BCUT2D eigenvalue weighted by Crippen LogP contribution is 2.24. The Hall–Kier alpha value is -2.12. The SMILES string of the molecule is O=S(=O)(Nc1cccc(-c2ccn[nH]2)c1)c1cccs1. The maximum Gasteiger partial charge on any atom is 0.271 e. The van der Waals surface area contributed by atoms with Crippen LogP contribution in [0.3, 0.4) is 0 Å². The molecular weight excluding hydrogens is 294 g/mol. The Labute approximate surface area is 120 Å². The van der Waals surface area contributed by atoms with Gasteiger partial charge in [-0.15, -0.1) is 11.3 Å². The van der Waals surface area contributed by atoms with Gasteiger partial charge < -0.3 is 0 Å². The number of hydrogen-bond donors (Lipinski definition) is 2. The lowest BCUT2D eigenvalue weighted by molar-refractivity contribution is 0.603. The number of aromatic nitrogens is 2. The summed E-state index contributed by atoms with van der Waals surface area (Å²) in [5, 5.41) is 8.46. The van der Waals surface area contributed by atoms with Crippen molar-refractivity contribution in [2.24, 2.45) is 0 Å². The van der Waals surface area contributed by atoms with Gasteiger partial charge in [0.25, 0.3) is 10.0 Å². The zero-order valence-electron chi connectivity index (χ0n) is 10.3. The number of H-pyrrole nitrogens is 1. The molecule has 0 saturated carbocycles.